The van der Waals surface area contributed by atoms with E-state index in [1.165, 1.54) is 49.7 Å². The molecule has 0 saturated heterocycles. The van der Waals surface area contributed by atoms with Crippen molar-refractivity contribution >= 4 is 6.29 Å². The van der Waals surface area contributed by atoms with E-state index in [-0.39, 0.29) is 12.7 Å². The van der Waals surface area contributed by atoms with Crippen LogP contribution in [0.5, 0.6) is 5.75 Å². The molecule has 0 heterocycles. The second kappa shape index (κ2) is 11.4. The first-order chi connectivity index (χ1) is 12.7. The SMILES string of the molecule is CCCCCCCCC1C[C@@H](Cc2c(C)cccc2OCC=O)C[C@H]1O. The fraction of sp³-hybridized carbons (Fsp3) is 0.696. The Morgan fingerprint density at radius 3 is 2.69 bits per heavy atom. The van der Waals surface area contributed by atoms with Gasteiger partial charge in [0, 0.05) is 0 Å². The lowest BCUT2D eigenvalue weighted by molar-refractivity contribution is -0.109. The first-order valence-corrected chi connectivity index (χ1v) is 10.5. The average molecular weight is 361 g/mol. The van der Waals surface area contributed by atoms with Gasteiger partial charge in [-0.15, -0.1) is 0 Å². The number of aldehydes is 1. The minimum atomic E-state index is -0.154. The molecule has 1 N–H and O–H groups in total. The van der Waals surface area contributed by atoms with Crippen molar-refractivity contribution in [2.24, 2.45) is 11.8 Å². The van der Waals surface area contributed by atoms with Crippen molar-refractivity contribution in [3.05, 3.63) is 29.3 Å². The molecule has 1 aliphatic rings. The summed E-state index contributed by atoms with van der Waals surface area (Å²) >= 11 is 0. The van der Waals surface area contributed by atoms with Crippen LogP contribution in [0.2, 0.25) is 0 Å². The van der Waals surface area contributed by atoms with Gasteiger partial charge in [0.05, 0.1) is 6.10 Å². The Morgan fingerprint density at radius 1 is 1.15 bits per heavy atom. The van der Waals surface area contributed by atoms with Gasteiger partial charge in [-0.2, -0.15) is 0 Å². The van der Waals surface area contributed by atoms with Crippen LogP contribution in [0.1, 0.15) is 75.8 Å². The lowest BCUT2D eigenvalue weighted by Gasteiger charge is -2.16. The van der Waals surface area contributed by atoms with Gasteiger partial charge in [-0.3, -0.25) is 4.79 Å². The molecule has 0 radical (unpaired) electrons. The average Bonchev–Trinajstić information content (AvgIpc) is 2.98. The molecule has 1 aromatic rings. The number of aliphatic hydroxyl groups is 1. The fourth-order valence-corrected chi connectivity index (χ4v) is 4.36. The van der Waals surface area contributed by atoms with Gasteiger partial charge in [-0.25, -0.2) is 0 Å². The highest BCUT2D eigenvalue weighted by molar-refractivity contribution is 5.52. The van der Waals surface area contributed by atoms with Gasteiger partial charge in [-0.1, -0.05) is 57.6 Å². The second-order valence-corrected chi connectivity index (χ2v) is 7.95. The van der Waals surface area contributed by atoms with E-state index in [2.05, 4.69) is 19.9 Å². The third-order valence-corrected chi connectivity index (χ3v) is 5.85. The summed E-state index contributed by atoms with van der Waals surface area (Å²) in [7, 11) is 0. The molecule has 1 fully saturated rings. The van der Waals surface area contributed by atoms with E-state index >= 15 is 0 Å². The number of hydrogen-bond donors (Lipinski definition) is 1. The number of carbonyl (C=O) groups excluding carboxylic acids is 1. The monoisotopic (exact) mass is 360 g/mol. The van der Waals surface area contributed by atoms with Gasteiger partial charge in [0.2, 0.25) is 0 Å². The standard InChI is InChI=1S/C23H36O3/c1-3-4-5-6-7-8-11-20-15-19(17-22(20)25)16-21-18(2)10-9-12-23(21)26-14-13-24/h9-10,12-13,19-20,22,25H,3-8,11,14-17H2,1-2H3/t19-,20?,22+/m0/s1. The Labute approximate surface area is 159 Å². The Morgan fingerprint density at radius 2 is 1.92 bits per heavy atom. The number of rotatable bonds is 12. The van der Waals surface area contributed by atoms with Crippen molar-refractivity contribution in [2.45, 2.75) is 84.2 Å². The molecule has 146 valence electrons. The normalized spacial score (nSPS) is 22.5. The van der Waals surface area contributed by atoms with Crippen LogP contribution in [0.25, 0.3) is 0 Å². The van der Waals surface area contributed by atoms with Gasteiger partial charge in [0.15, 0.2) is 6.29 Å². The number of aryl methyl sites for hydroxylation is 1. The number of unbranched alkanes of at least 4 members (excludes halogenated alkanes) is 5. The van der Waals surface area contributed by atoms with Crippen molar-refractivity contribution in [3.8, 4) is 5.75 Å². The Hall–Kier alpha value is -1.35. The van der Waals surface area contributed by atoms with Crippen LogP contribution in [0.15, 0.2) is 18.2 Å². The predicted octanol–water partition coefficient (Wildman–Crippen LogP) is 5.25. The second-order valence-electron chi connectivity index (χ2n) is 7.95. The van der Waals surface area contributed by atoms with E-state index in [0.717, 1.165) is 37.7 Å². The lowest BCUT2D eigenvalue weighted by Crippen LogP contribution is -2.12. The zero-order valence-corrected chi connectivity index (χ0v) is 16.6. The van der Waals surface area contributed by atoms with E-state index in [4.69, 9.17) is 4.74 Å². The quantitative estimate of drug-likeness (QED) is 0.409. The molecular formula is C23H36O3. The largest absolute Gasteiger partial charge is 0.486 e. The van der Waals surface area contributed by atoms with Crippen molar-refractivity contribution in [3.63, 3.8) is 0 Å². The lowest BCUT2D eigenvalue weighted by atomic mass is 9.92. The van der Waals surface area contributed by atoms with Gasteiger partial charge < -0.3 is 9.84 Å². The first kappa shape index (κ1) is 21.0. The summed E-state index contributed by atoms with van der Waals surface area (Å²) in [5.41, 5.74) is 2.41. The molecule has 1 aliphatic carbocycles. The van der Waals surface area contributed by atoms with Crippen molar-refractivity contribution in [1.82, 2.24) is 0 Å². The highest BCUT2D eigenvalue weighted by atomic mass is 16.5. The van der Waals surface area contributed by atoms with Crippen LogP contribution in [0.3, 0.4) is 0 Å². The Balaban J connectivity index is 1.83. The molecule has 1 unspecified atom stereocenters. The predicted molar refractivity (Wildman–Crippen MR) is 107 cm³/mol. The summed E-state index contributed by atoms with van der Waals surface area (Å²) in [6.45, 7) is 4.45. The molecule has 0 aliphatic heterocycles. The van der Waals surface area contributed by atoms with Gasteiger partial charge in [0.1, 0.15) is 12.4 Å². The van der Waals surface area contributed by atoms with Crippen LogP contribution in [0, 0.1) is 18.8 Å². The van der Waals surface area contributed by atoms with Crippen molar-refractivity contribution in [1.29, 1.82) is 0 Å². The number of hydrogen-bond acceptors (Lipinski definition) is 3. The molecule has 0 bridgehead atoms. The number of aliphatic hydroxyl groups excluding tert-OH is 1. The van der Waals surface area contributed by atoms with E-state index in [9.17, 15) is 9.90 Å². The molecule has 26 heavy (non-hydrogen) atoms. The summed E-state index contributed by atoms with van der Waals surface area (Å²) in [5.74, 6) is 1.79. The molecule has 3 atom stereocenters. The van der Waals surface area contributed by atoms with E-state index in [0.29, 0.717) is 11.8 Å². The summed E-state index contributed by atoms with van der Waals surface area (Å²) in [5, 5.41) is 10.5. The van der Waals surface area contributed by atoms with Gasteiger partial charge in [0.25, 0.3) is 0 Å². The molecular weight excluding hydrogens is 324 g/mol. The molecule has 2 rings (SSSR count). The van der Waals surface area contributed by atoms with Crippen LogP contribution in [-0.2, 0) is 11.2 Å². The Bertz CT molecular complexity index is 540. The zero-order valence-electron chi connectivity index (χ0n) is 16.6. The summed E-state index contributed by atoms with van der Waals surface area (Å²) in [6, 6.07) is 6.02. The minimum absolute atomic E-state index is 0.102. The Kier molecular flexibility index (Phi) is 9.17. The van der Waals surface area contributed by atoms with E-state index in [1.54, 1.807) is 0 Å². The molecule has 3 heteroatoms. The van der Waals surface area contributed by atoms with Crippen LogP contribution in [-0.4, -0.2) is 24.1 Å². The summed E-state index contributed by atoms with van der Waals surface area (Å²) in [6.07, 6.45) is 12.6. The summed E-state index contributed by atoms with van der Waals surface area (Å²) in [4.78, 5) is 10.6. The third kappa shape index (κ3) is 6.42. The highest BCUT2D eigenvalue weighted by Crippen LogP contribution is 2.38. The van der Waals surface area contributed by atoms with Crippen LogP contribution < -0.4 is 4.74 Å². The van der Waals surface area contributed by atoms with E-state index in [1.807, 2.05) is 12.1 Å². The molecule has 3 nitrogen and oxygen atoms in total. The van der Waals surface area contributed by atoms with Crippen molar-refractivity contribution < 1.29 is 14.6 Å². The smallest absolute Gasteiger partial charge is 0.157 e. The van der Waals surface area contributed by atoms with Gasteiger partial charge >= 0.3 is 0 Å². The van der Waals surface area contributed by atoms with E-state index < -0.39 is 0 Å². The zero-order chi connectivity index (χ0) is 18.8. The topological polar surface area (TPSA) is 46.5 Å². The number of carbonyl (C=O) groups is 1. The number of benzene rings is 1. The summed E-state index contributed by atoms with van der Waals surface area (Å²) < 4.78 is 5.61. The maximum atomic E-state index is 10.6. The van der Waals surface area contributed by atoms with Crippen molar-refractivity contribution in [2.75, 3.05) is 6.61 Å². The van der Waals surface area contributed by atoms with Crippen LogP contribution in [0.4, 0.5) is 0 Å². The molecule has 1 aromatic carbocycles. The molecule has 0 amide bonds. The van der Waals surface area contributed by atoms with Gasteiger partial charge in [-0.05, 0) is 61.6 Å². The molecule has 0 spiro atoms. The third-order valence-electron chi connectivity index (χ3n) is 5.85. The maximum absolute atomic E-state index is 10.6. The fourth-order valence-electron chi connectivity index (χ4n) is 4.36. The highest BCUT2D eigenvalue weighted by Gasteiger charge is 2.33. The first-order valence-electron chi connectivity index (χ1n) is 10.5. The number of ether oxygens (including phenoxy) is 1. The van der Waals surface area contributed by atoms with Crippen LogP contribution >= 0.6 is 0 Å². The minimum Gasteiger partial charge on any atom is -0.486 e. The molecule has 1 saturated carbocycles. The molecule has 0 aromatic heterocycles. The maximum Gasteiger partial charge on any atom is 0.157 e.